The van der Waals surface area contributed by atoms with E-state index in [0.29, 0.717) is 11.6 Å². The SMILES string of the molecule is CCOc1ccc2nc(Nc3cc(Br)ccc3Cl)sc2c1. The minimum Gasteiger partial charge on any atom is -0.494 e. The fourth-order valence-electron chi connectivity index (χ4n) is 1.92. The first kappa shape index (κ1) is 14.6. The van der Waals surface area contributed by atoms with Gasteiger partial charge < -0.3 is 10.1 Å². The van der Waals surface area contributed by atoms with E-state index in [1.54, 1.807) is 11.3 Å². The minimum atomic E-state index is 0.656. The fourth-order valence-corrected chi connectivity index (χ4v) is 3.36. The Bertz CT molecular complexity index is 790. The van der Waals surface area contributed by atoms with Crippen LogP contribution < -0.4 is 10.1 Å². The maximum atomic E-state index is 6.18. The summed E-state index contributed by atoms with van der Waals surface area (Å²) < 4.78 is 7.55. The molecule has 0 atom stereocenters. The fraction of sp³-hybridized carbons (Fsp3) is 0.133. The first-order valence-corrected chi connectivity index (χ1v) is 8.40. The zero-order chi connectivity index (χ0) is 14.8. The monoisotopic (exact) mass is 382 g/mol. The van der Waals surface area contributed by atoms with E-state index < -0.39 is 0 Å². The molecule has 21 heavy (non-hydrogen) atoms. The molecule has 108 valence electrons. The van der Waals surface area contributed by atoms with Crippen LogP contribution in [0.25, 0.3) is 10.2 Å². The second-order valence-corrected chi connectivity index (χ2v) is 6.68. The van der Waals surface area contributed by atoms with Gasteiger partial charge >= 0.3 is 0 Å². The predicted molar refractivity (Wildman–Crippen MR) is 93.2 cm³/mol. The van der Waals surface area contributed by atoms with Crippen LogP contribution in [0.4, 0.5) is 10.8 Å². The highest BCUT2D eigenvalue weighted by molar-refractivity contribution is 9.10. The smallest absolute Gasteiger partial charge is 0.188 e. The molecule has 0 bridgehead atoms. The summed E-state index contributed by atoms with van der Waals surface area (Å²) in [6.07, 6.45) is 0. The van der Waals surface area contributed by atoms with Crippen molar-refractivity contribution in [1.29, 1.82) is 0 Å². The molecule has 1 N–H and O–H groups in total. The number of nitrogens with zero attached hydrogens (tertiary/aromatic N) is 1. The van der Waals surface area contributed by atoms with Crippen LogP contribution in [0.15, 0.2) is 40.9 Å². The van der Waals surface area contributed by atoms with Gasteiger partial charge in [-0.2, -0.15) is 0 Å². The predicted octanol–water partition coefficient (Wildman–Crippen LogP) is 5.85. The van der Waals surface area contributed by atoms with E-state index >= 15 is 0 Å². The number of aromatic nitrogens is 1. The van der Waals surface area contributed by atoms with Crippen molar-refractivity contribution in [2.24, 2.45) is 0 Å². The van der Waals surface area contributed by atoms with Gasteiger partial charge in [-0.3, -0.25) is 0 Å². The Morgan fingerprint density at radius 3 is 2.95 bits per heavy atom. The molecule has 0 saturated heterocycles. The summed E-state index contributed by atoms with van der Waals surface area (Å²) in [7, 11) is 0. The van der Waals surface area contributed by atoms with Crippen molar-refractivity contribution >= 4 is 59.9 Å². The lowest BCUT2D eigenvalue weighted by molar-refractivity contribution is 0.341. The minimum absolute atomic E-state index is 0.656. The van der Waals surface area contributed by atoms with E-state index in [4.69, 9.17) is 16.3 Å². The summed E-state index contributed by atoms with van der Waals surface area (Å²) in [5.74, 6) is 0.862. The van der Waals surface area contributed by atoms with Gasteiger partial charge in [0.1, 0.15) is 5.75 Å². The number of ether oxygens (including phenoxy) is 1. The molecular formula is C15H12BrClN2OS. The average Bonchev–Trinajstić information content (AvgIpc) is 2.85. The molecule has 0 saturated carbocycles. The Hall–Kier alpha value is -1.30. The zero-order valence-corrected chi connectivity index (χ0v) is 14.3. The molecule has 2 aromatic carbocycles. The number of hydrogen-bond acceptors (Lipinski definition) is 4. The Balaban J connectivity index is 1.92. The molecule has 0 aliphatic heterocycles. The van der Waals surface area contributed by atoms with E-state index in [1.807, 2.05) is 43.3 Å². The number of benzene rings is 2. The van der Waals surface area contributed by atoms with Gasteiger partial charge in [-0.25, -0.2) is 4.98 Å². The van der Waals surface area contributed by atoms with E-state index in [2.05, 4.69) is 26.2 Å². The van der Waals surface area contributed by atoms with Crippen molar-refractivity contribution < 1.29 is 4.74 Å². The van der Waals surface area contributed by atoms with Crippen LogP contribution in [-0.4, -0.2) is 11.6 Å². The van der Waals surface area contributed by atoms with Gasteiger partial charge in [0, 0.05) is 4.47 Å². The van der Waals surface area contributed by atoms with Crippen LogP contribution in [0.1, 0.15) is 6.92 Å². The molecule has 0 unspecified atom stereocenters. The number of halogens is 2. The van der Waals surface area contributed by atoms with Crippen molar-refractivity contribution in [2.45, 2.75) is 6.92 Å². The van der Waals surface area contributed by atoms with Crippen LogP contribution in [0.3, 0.4) is 0 Å². The van der Waals surface area contributed by atoms with Crippen molar-refractivity contribution in [1.82, 2.24) is 4.98 Å². The van der Waals surface area contributed by atoms with Crippen LogP contribution in [-0.2, 0) is 0 Å². The lowest BCUT2D eigenvalue weighted by Gasteiger charge is -2.05. The molecule has 0 radical (unpaired) electrons. The van der Waals surface area contributed by atoms with Gasteiger partial charge in [0.25, 0.3) is 0 Å². The third kappa shape index (κ3) is 3.31. The number of thiazole rings is 1. The van der Waals surface area contributed by atoms with Gasteiger partial charge in [-0.1, -0.05) is 38.9 Å². The summed E-state index contributed by atoms with van der Waals surface area (Å²) in [6.45, 7) is 2.63. The maximum Gasteiger partial charge on any atom is 0.188 e. The molecule has 0 aliphatic rings. The highest BCUT2D eigenvalue weighted by atomic mass is 79.9. The third-order valence-corrected chi connectivity index (χ3v) is 4.60. The molecule has 1 aromatic heterocycles. The molecule has 3 aromatic rings. The quantitative estimate of drug-likeness (QED) is 0.613. The van der Waals surface area contributed by atoms with Crippen LogP contribution in [0, 0.1) is 0 Å². The topological polar surface area (TPSA) is 34.1 Å². The summed E-state index contributed by atoms with van der Waals surface area (Å²) in [5, 5.41) is 4.72. The van der Waals surface area contributed by atoms with Gasteiger partial charge in [-0.05, 0) is 43.3 Å². The second kappa shape index (κ2) is 6.22. The Labute approximate surface area is 140 Å². The second-order valence-electron chi connectivity index (χ2n) is 4.33. The van der Waals surface area contributed by atoms with Gasteiger partial charge in [0.15, 0.2) is 5.13 Å². The van der Waals surface area contributed by atoms with E-state index in [0.717, 1.165) is 31.3 Å². The number of rotatable bonds is 4. The first-order valence-electron chi connectivity index (χ1n) is 6.41. The van der Waals surface area contributed by atoms with E-state index in [-0.39, 0.29) is 0 Å². The Morgan fingerprint density at radius 2 is 2.14 bits per heavy atom. The van der Waals surface area contributed by atoms with Crippen molar-refractivity contribution in [3.8, 4) is 5.75 Å². The third-order valence-electron chi connectivity index (χ3n) is 2.84. The largest absolute Gasteiger partial charge is 0.494 e. The Morgan fingerprint density at radius 1 is 1.29 bits per heavy atom. The molecule has 0 fully saturated rings. The number of fused-ring (bicyclic) bond motifs is 1. The highest BCUT2D eigenvalue weighted by Gasteiger charge is 2.08. The first-order chi connectivity index (χ1) is 10.2. The zero-order valence-electron chi connectivity index (χ0n) is 11.2. The van der Waals surface area contributed by atoms with Crippen molar-refractivity contribution in [3.63, 3.8) is 0 Å². The van der Waals surface area contributed by atoms with Crippen LogP contribution in [0.2, 0.25) is 5.02 Å². The summed E-state index contributed by atoms with van der Waals surface area (Å²) in [4.78, 5) is 4.56. The van der Waals surface area contributed by atoms with Crippen molar-refractivity contribution in [3.05, 3.63) is 45.9 Å². The highest BCUT2D eigenvalue weighted by Crippen LogP contribution is 2.34. The summed E-state index contributed by atoms with van der Waals surface area (Å²) in [6, 6.07) is 11.6. The molecule has 1 heterocycles. The number of nitrogens with one attached hydrogen (secondary N) is 1. The standard InChI is InChI=1S/C15H12BrClN2OS/c1-2-20-10-4-6-12-14(8-10)21-15(18-12)19-13-7-9(16)3-5-11(13)17/h3-8H,2H2,1H3,(H,18,19). The molecule has 6 heteroatoms. The van der Waals surface area contributed by atoms with E-state index in [9.17, 15) is 0 Å². The van der Waals surface area contributed by atoms with Gasteiger partial charge in [-0.15, -0.1) is 0 Å². The number of anilines is 2. The molecular weight excluding hydrogens is 372 g/mol. The lowest BCUT2D eigenvalue weighted by Crippen LogP contribution is -1.90. The van der Waals surface area contributed by atoms with Gasteiger partial charge in [0.2, 0.25) is 0 Å². The molecule has 3 nitrogen and oxygen atoms in total. The maximum absolute atomic E-state index is 6.18. The van der Waals surface area contributed by atoms with Crippen molar-refractivity contribution in [2.75, 3.05) is 11.9 Å². The summed E-state index contributed by atoms with van der Waals surface area (Å²) >= 11 is 11.2. The Kier molecular flexibility index (Phi) is 4.33. The molecule has 0 aliphatic carbocycles. The molecule has 0 spiro atoms. The van der Waals surface area contributed by atoms with Gasteiger partial charge in [0.05, 0.1) is 27.5 Å². The molecule has 3 rings (SSSR count). The van der Waals surface area contributed by atoms with Crippen LogP contribution >= 0.6 is 38.9 Å². The summed E-state index contributed by atoms with van der Waals surface area (Å²) in [5.41, 5.74) is 1.77. The number of hydrogen-bond donors (Lipinski definition) is 1. The normalized spacial score (nSPS) is 10.8. The average molecular weight is 384 g/mol. The lowest BCUT2D eigenvalue weighted by atomic mass is 10.3. The van der Waals surface area contributed by atoms with E-state index in [1.165, 1.54) is 0 Å². The van der Waals surface area contributed by atoms with Crippen LogP contribution in [0.5, 0.6) is 5.75 Å². The molecule has 0 amide bonds.